The van der Waals surface area contributed by atoms with Gasteiger partial charge in [0.25, 0.3) is 0 Å². The second-order valence-corrected chi connectivity index (χ2v) is 5.21. The third-order valence-corrected chi connectivity index (χ3v) is 3.60. The fraction of sp³-hybridized carbons (Fsp3) is 0.294. The lowest BCUT2D eigenvalue weighted by atomic mass is 10.1. The first-order valence-electron chi connectivity index (χ1n) is 6.86. The van der Waals surface area contributed by atoms with Crippen LogP contribution in [0.2, 0.25) is 0 Å². The van der Waals surface area contributed by atoms with Crippen molar-refractivity contribution in [3.05, 3.63) is 71.0 Å². The number of hydrogen-bond donors (Lipinski definition) is 1. The van der Waals surface area contributed by atoms with E-state index in [-0.39, 0.29) is 5.82 Å². The zero-order valence-corrected chi connectivity index (χ0v) is 10.9. The third-order valence-electron chi connectivity index (χ3n) is 3.60. The van der Waals surface area contributed by atoms with Gasteiger partial charge in [-0.15, -0.1) is 0 Å². The van der Waals surface area contributed by atoms with E-state index in [4.69, 9.17) is 0 Å². The molecule has 0 radical (unpaired) electrons. The van der Waals surface area contributed by atoms with Crippen LogP contribution in [0, 0.1) is 5.82 Å². The summed E-state index contributed by atoms with van der Waals surface area (Å²) in [5.41, 5.74) is 3.45. The van der Waals surface area contributed by atoms with E-state index in [1.165, 1.54) is 30.0 Å². The monoisotopic (exact) mass is 255 g/mol. The summed E-state index contributed by atoms with van der Waals surface area (Å²) in [6.45, 7) is 1.36. The summed E-state index contributed by atoms with van der Waals surface area (Å²) < 4.78 is 13.5. The molecule has 2 aromatic carbocycles. The lowest BCUT2D eigenvalue weighted by Gasteiger charge is -2.07. The van der Waals surface area contributed by atoms with Gasteiger partial charge in [0.15, 0.2) is 0 Å². The molecular weight excluding hydrogens is 237 g/mol. The molecule has 0 aromatic heterocycles. The fourth-order valence-corrected chi connectivity index (χ4v) is 2.36. The van der Waals surface area contributed by atoms with Crippen LogP contribution < -0.4 is 5.32 Å². The highest BCUT2D eigenvalue weighted by Crippen LogP contribution is 2.40. The molecule has 1 fully saturated rings. The standard InChI is InChI=1S/C17H18FN/c18-17-7-2-1-5-16(17)12-19-11-13-4-3-6-15(10-13)14-8-9-14/h1-7,10,14,19H,8-9,11-12H2. The van der Waals surface area contributed by atoms with Crippen molar-refractivity contribution in [2.45, 2.75) is 31.8 Å². The zero-order chi connectivity index (χ0) is 13.1. The molecule has 3 rings (SSSR count). The molecule has 2 heteroatoms. The molecule has 1 N–H and O–H groups in total. The molecule has 0 saturated heterocycles. The summed E-state index contributed by atoms with van der Waals surface area (Å²) in [6, 6.07) is 15.6. The number of nitrogens with one attached hydrogen (secondary N) is 1. The molecule has 0 spiro atoms. The SMILES string of the molecule is Fc1ccccc1CNCc1cccc(C2CC2)c1. The molecule has 1 saturated carbocycles. The van der Waals surface area contributed by atoms with E-state index in [9.17, 15) is 4.39 Å². The summed E-state index contributed by atoms with van der Waals surface area (Å²) in [4.78, 5) is 0. The summed E-state index contributed by atoms with van der Waals surface area (Å²) in [7, 11) is 0. The van der Waals surface area contributed by atoms with Gasteiger partial charge in [0.2, 0.25) is 0 Å². The third kappa shape index (κ3) is 3.21. The molecule has 0 amide bonds. The van der Waals surface area contributed by atoms with E-state index in [1.54, 1.807) is 6.07 Å². The van der Waals surface area contributed by atoms with Gasteiger partial charge in [-0.05, 0) is 36.0 Å². The van der Waals surface area contributed by atoms with E-state index in [0.717, 1.165) is 18.0 Å². The quantitative estimate of drug-likeness (QED) is 0.851. The minimum atomic E-state index is -0.137. The van der Waals surface area contributed by atoms with Crippen LogP contribution in [-0.2, 0) is 13.1 Å². The Hall–Kier alpha value is -1.67. The van der Waals surface area contributed by atoms with Crippen molar-refractivity contribution in [3.63, 3.8) is 0 Å². The Morgan fingerprint density at radius 3 is 2.63 bits per heavy atom. The van der Waals surface area contributed by atoms with Gasteiger partial charge >= 0.3 is 0 Å². The van der Waals surface area contributed by atoms with Crippen LogP contribution in [0.3, 0.4) is 0 Å². The molecule has 19 heavy (non-hydrogen) atoms. The molecule has 0 atom stereocenters. The van der Waals surface area contributed by atoms with Crippen molar-refractivity contribution in [1.82, 2.24) is 5.32 Å². The van der Waals surface area contributed by atoms with Crippen molar-refractivity contribution in [3.8, 4) is 0 Å². The number of hydrogen-bond acceptors (Lipinski definition) is 1. The molecule has 0 heterocycles. The first-order chi connectivity index (χ1) is 9.33. The van der Waals surface area contributed by atoms with Gasteiger partial charge in [-0.25, -0.2) is 4.39 Å². The van der Waals surface area contributed by atoms with Crippen LogP contribution in [0.25, 0.3) is 0 Å². The highest BCUT2D eigenvalue weighted by Gasteiger charge is 2.23. The molecule has 1 aliphatic rings. The second-order valence-electron chi connectivity index (χ2n) is 5.21. The summed E-state index contributed by atoms with van der Waals surface area (Å²) >= 11 is 0. The summed E-state index contributed by atoms with van der Waals surface area (Å²) in [5.74, 6) is 0.647. The molecule has 0 bridgehead atoms. The Bertz CT molecular complexity index is 561. The van der Waals surface area contributed by atoms with Gasteiger partial charge in [0.05, 0.1) is 0 Å². The highest BCUT2D eigenvalue weighted by atomic mass is 19.1. The summed E-state index contributed by atoms with van der Waals surface area (Å²) in [6.07, 6.45) is 2.65. The number of halogens is 1. The van der Waals surface area contributed by atoms with Crippen molar-refractivity contribution in [1.29, 1.82) is 0 Å². The van der Waals surface area contributed by atoms with Crippen LogP contribution in [0.5, 0.6) is 0 Å². The van der Waals surface area contributed by atoms with Gasteiger partial charge < -0.3 is 5.32 Å². The lowest BCUT2D eigenvalue weighted by molar-refractivity contribution is 0.588. The van der Waals surface area contributed by atoms with E-state index in [0.29, 0.717) is 6.54 Å². The van der Waals surface area contributed by atoms with Gasteiger partial charge in [-0.2, -0.15) is 0 Å². The van der Waals surface area contributed by atoms with Crippen LogP contribution in [-0.4, -0.2) is 0 Å². The van der Waals surface area contributed by atoms with E-state index in [2.05, 4.69) is 29.6 Å². The van der Waals surface area contributed by atoms with Gasteiger partial charge in [-0.3, -0.25) is 0 Å². The maximum atomic E-state index is 13.5. The van der Waals surface area contributed by atoms with Gasteiger partial charge in [-0.1, -0.05) is 42.5 Å². The molecule has 98 valence electrons. The van der Waals surface area contributed by atoms with Crippen molar-refractivity contribution in [2.24, 2.45) is 0 Å². The first kappa shape index (κ1) is 12.4. The Kier molecular flexibility index (Phi) is 3.60. The van der Waals surface area contributed by atoms with E-state index in [1.807, 2.05) is 12.1 Å². The smallest absolute Gasteiger partial charge is 0.127 e. The minimum Gasteiger partial charge on any atom is -0.309 e. The lowest BCUT2D eigenvalue weighted by Crippen LogP contribution is -2.13. The van der Waals surface area contributed by atoms with Gasteiger partial charge in [0, 0.05) is 18.7 Å². The topological polar surface area (TPSA) is 12.0 Å². The maximum Gasteiger partial charge on any atom is 0.127 e. The largest absolute Gasteiger partial charge is 0.309 e. The zero-order valence-electron chi connectivity index (χ0n) is 10.9. The molecule has 1 nitrogen and oxygen atoms in total. The molecule has 0 unspecified atom stereocenters. The molecule has 2 aromatic rings. The maximum absolute atomic E-state index is 13.5. The molecule has 1 aliphatic carbocycles. The van der Waals surface area contributed by atoms with E-state index < -0.39 is 0 Å². The highest BCUT2D eigenvalue weighted by molar-refractivity contribution is 5.29. The van der Waals surface area contributed by atoms with Crippen LogP contribution in [0.4, 0.5) is 4.39 Å². The fourth-order valence-electron chi connectivity index (χ4n) is 2.36. The van der Waals surface area contributed by atoms with Gasteiger partial charge in [0.1, 0.15) is 5.82 Å². The van der Waals surface area contributed by atoms with Crippen molar-refractivity contribution in [2.75, 3.05) is 0 Å². The number of benzene rings is 2. The average molecular weight is 255 g/mol. The second kappa shape index (κ2) is 5.54. The normalized spacial score (nSPS) is 14.6. The Morgan fingerprint density at radius 1 is 1.00 bits per heavy atom. The average Bonchev–Trinajstić information content (AvgIpc) is 3.26. The number of rotatable bonds is 5. The predicted octanol–water partition coefficient (Wildman–Crippen LogP) is 3.99. The van der Waals surface area contributed by atoms with Crippen LogP contribution in [0.15, 0.2) is 48.5 Å². The molecular formula is C17H18FN. The van der Waals surface area contributed by atoms with E-state index >= 15 is 0 Å². The van der Waals surface area contributed by atoms with Crippen LogP contribution in [0.1, 0.15) is 35.4 Å². The molecule has 0 aliphatic heterocycles. The summed E-state index contributed by atoms with van der Waals surface area (Å²) in [5, 5.41) is 3.31. The minimum absolute atomic E-state index is 0.137. The van der Waals surface area contributed by atoms with Crippen molar-refractivity contribution >= 4 is 0 Å². The predicted molar refractivity (Wildman–Crippen MR) is 75.4 cm³/mol. The Morgan fingerprint density at radius 2 is 1.84 bits per heavy atom. The van der Waals surface area contributed by atoms with Crippen LogP contribution >= 0.6 is 0 Å². The first-order valence-corrected chi connectivity index (χ1v) is 6.86. The Labute approximate surface area is 113 Å². The Balaban J connectivity index is 1.57. The van der Waals surface area contributed by atoms with Crippen molar-refractivity contribution < 1.29 is 4.39 Å².